The molecule has 0 amide bonds. The van der Waals surface area contributed by atoms with E-state index in [4.69, 9.17) is 0 Å². The Hall–Kier alpha value is -2.08. The zero-order chi connectivity index (χ0) is 13.2. The number of hydrazine groups is 1. The first-order valence-electron chi connectivity index (χ1n) is 6.48. The third kappa shape index (κ3) is 2.26. The van der Waals surface area contributed by atoms with Crippen molar-refractivity contribution >= 4 is 17.4 Å². The van der Waals surface area contributed by atoms with Crippen LogP contribution in [0.15, 0.2) is 24.4 Å². The molecule has 0 saturated carbocycles. The van der Waals surface area contributed by atoms with E-state index in [-0.39, 0.29) is 5.69 Å². The number of piperidine rings is 1. The smallest absolute Gasteiger partial charge is 0.356 e. The molecule has 0 unspecified atom stereocenters. The molecule has 0 aromatic carbocycles. The molecule has 2 N–H and O–H groups in total. The van der Waals surface area contributed by atoms with Gasteiger partial charge in [0.2, 0.25) is 0 Å². The molecule has 3 heterocycles. The van der Waals surface area contributed by atoms with E-state index in [9.17, 15) is 9.90 Å². The lowest BCUT2D eigenvalue weighted by Crippen LogP contribution is -2.35. The molecule has 2 aromatic rings. The molecule has 3 rings (SSSR count). The van der Waals surface area contributed by atoms with E-state index < -0.39 is 5.97 Å². The van der Waals surface area contributed by atoms with Crippen molar-refractivity contribution in [2.75, 3.05) is 18.5 Å². The molecule has 1 saturated heterocycles. The predicted molar refractivity (Wildman–Crippen MR) is 71.2 cm³/mol. The fourth-order valence-corrected chi connectivity index (χ4v) is 2.43. The van der Waals surface area contributed by atoms with Crippen LogP contribution in [0.1, 0.15) is 29.8 Å². The summed E-state index contributed by atoms with van der Waals surface area (Å²) < 4.78 is 1.59. The molecule has 1 aliphatic heterocycles. The van der Waals surface area contributed by atoms with Crippen molar-refractivity contribution < 1.29 is 9.90 Å². The van der Waals surface area contributed by atoms with Crippen LogP contribution < -0.4 is 5.43 Å². The number of fused-ring (bicyclic) bond motifs is 1. The fraction of sp³-hybridized carbons (Fsp3) is 0.385. The molecule has 0 radical (unpaired) electrons. The Labute approximate surface area is 110 Å². The SMILES string of the molecule is O=C(O)c1c(NN2CCCCC2)nc2ccccn12. The van der Waals surface area contributed by atoms with Gasteiger partial charge in [-0.05, 0) is 25.0 Å². The number of carboxylic acids is 1. The Kier molecular flexibility index (Phi) is 3.08. The van der Waals surface area contributed by atoms with Crippen molar-refractivity contribution in [3.05, 3.63) is 30.1 Å². The second-order valence-electron chi connectivity index (χ2n) is 4.70. The minimum atomic E-state index is -0.974. The van der Waals surface area contributed by atoms with Crippen molar-refractivity contribution in [1.29, 1.82) is 0 Å². The molecule has 0 bridgehead atoms. The van der Waals surface area contributed by atoms with Crippen LogP contribution in [0.25, 0.3) is 5.65 Å². The second kappa shape index (κ2) is 4.89. The number of aromatic carboxylic acids is 1. The summed E-state index contributed by atoms with van der Waals surface area (Å²) in [5.41, 5.74) is 3.96. The standard InChI is InChI=1S/C13H16N4O2/c18-13(19)11-12(15-16-7-3-1-4-8-16)14-10-6-2-5-9-17(10)11/h2,5-6,9,15H,1,3-4,7-8H2,(H,18,19). The van der Waals surface area contributed by atoms with Crippen molar-refractivity contribution in [1.82, 2.24) is 14.4 Å². The molecule has 2 aromatic heterocycles. The fourth-order valence-electron chi connectivity index (χ4n) is 2.43. The van der Waals surface area contributed by atoms with Crippen LogP contribution >= 0.6 is 0 Å². The van der Waals surface area contributed by atoms with Gasteiger partial charge < -0.3 is 10.5 Å². The van der Waals surface area contributed by atoms with Gasteiger partial charge in [0.15, 0.2) is 11.5 Å². The van der Waals surface area contributed by atoms with E-state index in [1.54, 1.807) is 22.7 Å². The van der Waals surface area contributed by atoms with Gasteiger partial charge in [-0.25, -0.2) is 14.8 Å². The molecule has 0 spiro atoms. The highest BCUT2D eigenvalue weighted by atomic mass is 16.4. The van der Waals surface area contributed by atoms with E-state index in [0.29, 0.717) is 11.5 Å². The number of imidazole rings is 1. The van der Waals surface area contributed by atoms with Crippen LogP contribution in [0.3, 0.4) is 0 Å². The minimum absolute atomic E-state index is 0.182. The van der Waals surface area contributed by atoms with E-state index in [2.05, 4.69) is 10.4 Å². The number of nitrogens with zero attached hydrogens (tertiary/aromatic N) is 3. The van der Waals surface area contributed by atoms with Gasteiger partial charge in [-0.15, -0.1) is 0 Å². The molecule has 0 aliphatic carbocycles. The van der Waals surface area contributed by atoms with Crippen LogP contribution in [-0.4, -0.2) is 38.6 Å². The predicted octanol–water partition coefficient (Wildman–Crippen LogP) is 1.85. The number of rotatable bonds is 3. The lowest BCUT2D eigenvalue weighted by atomic mass is 10.2. The number of anilines is 1. The molecule has 19 heavy (non-hydrogen) atoms. The third-order valence-electron chi connectivity index (χ3n) is 3.35. The summed E-state index contributed by atoms with van der Waals surface area (Å²) in [6, 6.07) is 5.44. The molecule has 100 valence electrons. The zero-order valence-electron chi connectivity index (χ0n) is 10.5. The molecule has 1 aliphatic rings. The van der Waals surface area contributed by atoms with Gasteiger partial charge in [0, 0.05) is 19.3 Å². The molecular weight excluding hydrogens is 244 g/mol. The highest BCUT2D eigenvalue weighted by Crippen LogP contribution is 2.19. The Balaban J connectivity index is 1.97. The summed E-state index contributed by atoms with van der Waals surface area (Å²) in [5, 5.41) is 11.4. The first-order valence-corrected chi connectivity index (χ1v) is 6.48. The summed E-state index contributed by atoms with van der Waals surface area (Å²) >= 11 is 0. The van der Waals surface area contributed by atoms with Crippen molar-refractivity contribution in [3.63, 3.8) is 0 Å². The average molecular weight is 260 g/mol. The summed E-state index contributed by atoms with van der Waals surface area (Å²) in [4.78, 5) is 15.8. The molecule has 6 heteroatoms. The van der Waals surface area contributed by atoms with Crippen LogP contribution in [0, 0.1) is 0 Å². The maximum absolute atomic E-state index is 11.4. The topological polar surface area (TPSA) is 69.9 Å². The van der Waals surface area contributed by atoms with Crippen LogP contribution in [0.2, 0.25) is 0 Å². The highest BCUT2D eigenvalue weighted by molar-refractivity contribution is 5.92. The summed E-state index contributed by atoms with van der Waals surface area (Å²) in [7, 11) is 0. The maximum Gasteiger partial charge on any atom is 0.356 e. The lowest BCUT2D eigenvalue weighted by Gasteiger charge is -2.26. The van der Waals surface area contributed by atoms with E-state index in [0.717, 1.165) is 25.9 Å². The number of carbonyl (C=O) groups is 1. The number of carboxylic acid groups (broad SMARTS) is 1. The number of hydrogen-bond donors (Lipinski definition) is 2. The van der Waals surface area contributed by atoms with Crippen molar-refractivity contribution in [2.45, 2.75) is 19.3 Å². The van der Waals surface area contributed by atoms with Crippen molar-refractivity contribution in [3.8, 4) is 0 Å². The van der Waals surface area contributed by atoms with Gasteiger partial charge in [-0.3, -0.25) is 4.40 Å². The average Bonchev–Trinajstić information content (AvgIpc) is 2.77. The Morgan fingerprint density at radius 1 is 1.26 bits per heavy atom. The molecular formula is C13H16N4O2. The summed E-state index contributed by atoms with van der Waals surface area (Å²) in [5.74, 6) is -0.557. The number of hydrogen-bond acceptors (Lipinski definition) is 4. The van der Waals surface area contributed by atoms with Gasteiger partial charge in [-0.2, -0.15) is 0 Å². The normalized spacial score (nSPS) is 16.6. The summed E-state index contributed by atoms with van der Waals surface area (Å²) in [6.07, 6.45) is 5.20. The lowest BCUT2D eigenvalue weighted by molar-refractivity contribution is 0.0690. The molecule has 6 nitrogen and oxygen atoms in total. The van der Waals surface area contributed by atoms with Gasteiger partial charge >= 0.3 is 5.97 Å². The maximum atomic E-state index is 11.4. The van der Waals surface area contributed by atoms with Gasteiger partial charge in [-0.1, -0.05) is 12.5 Å². The van der Waals surface area contributed by atoms with E-state index in [1.807, 2.05) is 11.1 Å². The quantitative estimate of drug-likeness (QED) is 0.881. The zero-order valence-corrected chi connectivity index (χ0v) is 10.5. The Morgan fingerprint density at radius 2 is 2.05 bits per heavy atom. The number of aromatic nitrogens is 2. The third-order valence-corrected chi connectivity index (χ3v) is 3.35. The van der Waals surface area contributed by atoms with Crippen LogP contribution in [0.5, 0.6) is 0 Å². The Bertz CT molecular complexity index is 602. The van der Waals surface area contributed by atoms with E-state index >= 15 is 0 Å². The Morgan fingerprint density at radius 3 is 2.79 bits per heavy atom. The number of pyridine rings is 1. The summed E-state index contributed by atoms with van der Waals surface area (Å²) in [6.45, 7) is 1.85. The minimum Gasteiger partial charge on any atom is -0.476 e. The monoisotopic (exact) mass is 260 g/mol. The first-order chi connectivity index (χ1) is 9.25. The largest absolute Gasteiger partial charge is 0.476 e. The highest BCUT2D eigenvalue weighted by Gasteiger charge is 2.20. The molecule has 1 fully saturated rings. The van der Waals surface area contributed by atoms with E-state index in [1.165, 1.54) is 6.42 Å². The van der Waals surface area contributed by atoms with Crippen LogP contribution in [-0.2, 0) is 0 Å². The van der Waals surface area contributed by atoms with Gasteiger partial charge in [0.05, 0.1) is 0 Å². The second-order valence-corrected chi connectivity index (χ2v) is 4.70. The van der Waals surface area contributed by atoms with Gasteiger partial charge in [0.1, 0.15) is 5.65 Å². The van der Waals surface area contributed by atoms with Crippen molar-refractivity contribution in [2.24, 2.45) is 0 Å². The van der Waals surface area contributed by atoms with Gasteiger partial charge in [0.25, 0.3) is 0 Å². The van der Waals surface area contributed by atoms with Crippen LogP contribution in [0.4, 0.5) is 5.82 Å². The first kappa shape index (κ1) is 12.0. The molecule has 0 atom stereocenters. The number of nitrogens with one attached hydrogen (secondary N) is 1.